The van der Waals surface area contributed by atoms with E-state index in [0.717, 1.165) is 0 Å². The summed E-state index contributed by atoms with van der Waals surface area (Å²) in [5, 5.41) is 8.79. The standard InChI is InChI=1S/C12H16N2O3S/c1-3-14(7-8-17-2)18(15,16)12-6-4-5-11(9-12)10-13/h4-6,9H,3,7-8H2,1-2H3. The van der Waals surface area contributed by atoms with Crippen molar-refractivity contribution in [3.63, 3.8) is 0 Å². The number of likely N-dealkylation sites (N-methyl/N-ethyl adjacent to an activating group) is 1. The molecule has 0 bridgehead atoms. The van der Waals surface area contributed by atoms with Gasteiger partial charge in [0.1, 0.15) is 0 Å². The molecule has 0 radical (unpaired) electrons. The molecule has 98 valence electrons. The number of hydrogen-bond acceptors (Lipinski definition) is 4. The van der Waals surface area contributed by atoms with Gasteiger partial charge in [-0.2, -0.15) is 9.57 Å². The summed E-state index contributed by atoms with van der Waals surface area (Å²) in [6.07, 6.45) is 0. The Labute approximate surface area is 108 Å². The fraction of sp³-hybridized carbons (Fsp3) is 0.417. The van der Waals surface area contributed by atoms with E-state index >= 15 is 0 Å². The number of rotatable bonds is 6. The van der Waals surface area contributed by atoms with E-state index in [9.17, 15) is 8.42 Å². The largest absolute Gasteiger partial charge is 0.383 e. The zero-order chi connectivity index (χ0) is 13.6. The molecule has 0 atom stereocenters. The van der Waals surface area contributed by atoms with Crippen LogP contribution in [0.5, 0.6) is 0 Å². The monoisotopic (exact) mass is 268 g/mol. The number of benzene rings is 1. The minimum Gasteiger partial charge on any atom is -0.383 e. The average molecular weight is 268 g/mol. The lowest BCUT2D eigenvalue weighted by Gasteiger charge is -2.20. The van der Waals surface area contributed by atoms with Crippen molar-refractivity contribution in [3.05, 3.63) is 29.8 Å². The Morgan fingerprint density at radius 1 is 1.44 bits per heavy atom. The molecule has 1 rings (SSSR count). The Balaban J connectivity index is 3.07. The molecule has 0 aliphatic carbocycles. The van der Waals surface area contributed by atoms with Crippen LogP contribution in [0.4, 0.5) is 0 Å². The molecular weight excluding hydrogens is 252 g/mol. The molecule has 0 fully saturated rings. The van der Waals surface area contributed by atoms with Gasteiger partial charge < -0.3 is 4.74 Å². The minimum atomic E-state index is -3.55. The molecule has 1 aromatic carbocycles. The Kier molecular flexibility index (Phi) is 5.28. The predicted molar refractivity (Wildman–Crippen MR) is 67.5 cm³/mol. The first-order valence-electron chi connectivity index (χ1n) is 5.55. The second-order valence-corrected chi connectivity index (χ2v) is 5.57. The van der Waals surface area contributed by atoms with Crippen molar-refractivity contribution < 1.29 is 13.2 Å². The van der Waals surface area contributed by atoms with E-state index in [1.54, 1.807) is 19.1 Å². The van der Waals surface area contributed by atoms with Crippen LogP contribution in [0.2, 0.25) is 0 Å². The lowest BCUT2D eigenvalue weighted by Crippen LogP contribution is -2.33. The number of nitrogens with zero attached hydrogens (tertiary/aromatic N) is 2. The van der Waals surface area contributed by atoms with Crippen LogP contribution in [0.25, 0.3) is 0 Å². The van der Waals surface area contributed by atoms with Crippen molar-refractivity contribution in [2.45, 2.75) is 11.8 Å². The van der Waals surface area contributed by atoms with E-state index in [4.69, 9.17) is 10.00 Å². The Morgan fingerprint density at radius 3 is 2.72 bits per heavy atom. The normalized spacial score (nSPS) is 11.4. The minimum absolute atomic E-state index is 0.138. The van der Waals surface area contributed by atoms with E-state index < -0.39 is 10.0 Å². The highest BCUT2D eigenvalue weighted by molar-refractivity contribution is 7.89. The fourth-order valence-corrected chi connectivity index (χ4v) is 3.00. The maximum Gasteiger partial charge on any atom is 0.243 e. The zero-order valence-corrected chi connectivity index (χ0v) is 11.3. The third-order valence-corrected chi connectivity index (χ3v) is 4.47. The summed E-state index contributed by atoms with van der Waals surface area (Å²) in [7, 11) is -2.03. The highest BCUT2D eigenvalue weighted by Gasteiger charge is 2.22. The van der Waals surface area contributed by atoms with Crippen LogP contribution in [0.3, 0.4) is 0 Å². The number of sulfonamides is 1. The number of ether oxygens (including phenoxy) is 1. The number of methoxy groups -OCH3 is 1. The molecule has 0 heterocycles. The van der Waals surface area contributed by atoms with Crippen LogP contribution < -0.4 is 0 Å². The van der Waals surface area contributed by atoms with Crippen LogP contribution in [-0.4, -0.2) is 39.5 Å². The molecule has 0 saturated carbocycles. The average Bonchev–Trinajstić information content (AvgIpc) is 2.39. The first-order chi connectivity index (χ1) is 8.56. The topological polar surface area (TPSA) is 70.4 Å². The lowest BCUT2D eigenvalue weighted by atomic mass is 10.2. The van der Waals surface area contributed by atoms with Gasteiger partial charge in [0.15, 0.2) is 0 Å². The maximum absolute atomic E-state index is 12.3. The summed E-state index contributed by atoms with van der Waals surface area (Å²) in [6.45, 7) is 2.76. The van der Waals surface area contributed by atoms with Crippen LogP contribution >= 0.6 is 0 Å². The number of hydrogen-bond donors (Lipinski definition) is 0. The summed E-state index contributed by atoms with van der Waals surface area (Å²) in [5.74, 6) is 0. The Hall–Kier alpha value is -1.42. The van der Waals surface area contributed by atoms with Gasteiger partial charge in [-0.3, -0.25) is 0 Å². The SMILES string of the molecule is CCN(CCOC)S(=O)(=O)c1cccc(C#N)c1. The van der Waals surface area contributed by atoms with Crippen molar-refractivity contribution in [1.29, 1.82) is 5.26 Å². The van der Waals surface area contributed by atoms with Gasteiger partial charge in [-0.1, -0.05) is 13.0 Å². The summed E-state index contributed by atoms with van der Waals surface area (Å²) in [6, 6.07) is 7.94. The quantitative estimate of drug-likeness (QED) is 0.777. The molecule has 0 aliphatic rings. The molecule has 5 nitrogen and oxygen atoms in total. The second-order valence-electron chi connectivity index (χ2n) is 3.63. The molecular formula is C12H16N2O3S. The molecule has 1 aromatic rings. The van der Waals surface area contributed by atoms with Crippen molar-refractivity contribution in [1.82, 2.24) is 4.31 Å². The Morgan fingerprint density at radius 2 is 2.17 bits per heavy atom. The molecule has 0 unspecified atom stereocenters. The van der Waals surface area contributed by atoms with Gasteiger partial charge in [0.05, 0.1) is 23.1 Å². The predicted octanol–water partition coefficient (Wildman–Crippen LogP) is 1.22. The molecule has 6 heteroatoms. The molecule has 0 aromatic heterocycles. The van der Waals surface area contributed by atoms with Crippen LogP contribution in [0, 0.1) is 11.3 Å². The first-order valence-corrected chi connectivity index (χ1v) is 6.99. The summed E-state index contributed by atoms with van der Waals surface area (Å²) in [5.41, 5.74) is 0.332. The van der Waals surface area contributed by atoms with E-state index in [1.165, 1.54) is 23.5 Å². The van der Waals surface area contributed by atoms with Gasteiger partial charge in [-0.15, -0.1) is 0 Å². The van der Waals surface area contributed by atoms with Gasteiger partial charge in [0.25, 0.3) is 0 Å². The third-order valence-electron chi connectivity index (χ3n) is 2.50. The summed E-state index contributed by atoms with van der Waals surface area (Å²) < 4.78 is 30.8. The molecule has 0 amide bonds. The van der Waals surface area contributed by atoms with Crippen molar-refractivity contribution >= 4 is 10.0 Å². The van der Waals surface area contributed by atoms with E-state index in [2.05, 4.69) is 0 Å². The summed E-state index contributed by atoms with van der Waals surface area (Å²) in [4.78, 5) is 0.138. The molecule has 0 spiro atoms. The van der Waals surface area contributed by atoms with E-state index in [0.29, 0.717) is 25.3 Å². The maximum atomic E-state index is 12.3. The number of nitriles is 1. The fourth-order valence-electron chi connectivity index (χ4n) is 1.52. The molecule has 0 N–H and O–H groups in total. The van der Waals surface area contributed by atoms with Gasteiger partial charge in [0, 0.05) is 20.2 Å². The highest BCUT2D eigenvalue weighted by Crippen LogP contribution is 2.16. The highest BCUT2D eigenvalue weighted by atomic mass is 32.2. The molecule has 0 saturated heterocycles. The van der Waals surface area contributed by atoms with Gasteiger partial charge in [0.2, 0.25) is 10.0 Å². The second kappa shape index (κ2) is 6.50. The van der Waals surface area contributed by atoms with Crippen molar-refractivity contribution in [2.24, 2.45) is 0 Å². The van der Waals surface area contributed by atoms with Crippen molar-refractivity contribution in [2.75, 3.05) is 26.8 Å². The van der Waals surface area contributed by atoms with Crippen LogP contribution in [0.1, 0.15) is 12.5 Å². The van der Waals surface area contributed by atoms with Gasteiger partial charge in [-0.05, 0) is 18.2 Å². The lowest BCUT2D eigenvalue weighted by molar-refractivity contribution is 0.180. The molecule has 18 heavy (non-hydrogen) atoms. The first kappa shape index (κ1) is 14.6. The Bertz CT molecular complexity index is 534. The van der Waals surface area contributed by atoms with E-state index in [1.807, 2.05) is 6.07 Å². The van der Waals surface area contributed by atoms with Crippen molar-refractivity contribution in [3.8, 4) is 6.07 Å². The van der Waals surface area contributed by atoms with E-state index in [-0.39, 0.29) is 4.90 Å². The zero-order valence-electron chi connectivity index (χ0n) is 10.5. The van der Waals surface area contributed by atoms with Gasteiger partial charge in [-0.25, -0.2) is 8.42 Å². The summed E-state index contributed by atoms with van der Waals surface area (Å²) >= 11 is 0. The molecule has 0 aliphatic heterocycles. The van der Waals surface area contributed by atoms with Crippen LogP contribution in [-0.2, 0) is 14.8 Å². The van der Waals surface area contributed by atoms with Crippen LogP contribution in [0.15, 0.2) is 29.2 Å². The van der Waals surface area contributed by atoms with Gasteiger partial charge >= 0.3 is 0 Å². The third kappa shape index (κ3) is 3.29. The smallest absolute Gasteiger partial charge is 0.243 e.